The third-order valence-electron chi connectivity index (χ3n) is 4.11. The van der Waals surface area contributed by atoms with Crippen LogP contribution in [0.2, 0.25) is 0 Å². The van der Waals surface area contributed by atoms with Gasteiger partial charge in [0.1, 0.15) is 0 Å². The van der Waals surface area contributed by atoms with Gasteiger partial charge in [0, 0.05) is 37.9 Å². The highest BCUT2D eigenvalue weighted by Gasteiger charge is 2.27. The molecule has 0 saturated heterocycles. The van der Waals surface area contributed by atoms with Gasteiger partial charge < -0.3 is 20.1 Å². The minimum atomic E-state index is 0. The topological polar surface area (TPSA) is 58.1 Å². The number of guanidine groups is 1. The lowest BCUT2D eigenvalue weighted by atomic mass is 10.2. The number of nitrogens with zero attached hydrogens (tertiary/aromatic N) is 2. The van der Waals surface area contributed by atoms with Crippen LogP contribution < -0.4 is 20.1 Å². The number of rotatable bonds is 9. The van der Waals surface area contributed by atoms with Gasteiger partial charge >= 0.3 is 0 Å². The molecule has 0 bridgehead atoms. The summed E-state index contributed by atoms with van der Waals surface area (Å²) in [5, 5.41) is 6.67. The fourth-order valence-corrected chi connectivity index (χ4v) is 2.70. The number of likely N-dealkylation sites (N-methyl/N-ethyl adjacent to an activating group) is 1. The number of halogens is 1. The fraction of sp³-hybridized carbons (Fsp3) is 0.611. The molecule has 0 unspecified atom stereocenters. The zero-order chi connectivity index (χ0) is 17.4. The third-order valence-corrected chi connectivity index (χ3v) is 4.11. The molecule has 1 aromatic rings. The average molecular weight is 462 g/mol. The van der Waals surface area contributed by atoms with E-state index in [9.17, 15) is 0 Å². The van der Waals surface area contributed by atoms with Gasteiger partial charge in [-0.05, 0) is 38.4 Å². The van der Waals surface area contributed by atoms with Gasteiger partial charge in [0.15, 0.2) is 17.5 Å². The number of ether oxygens (including phenoxy) is 2. The van der Waals surface area contributed by atoms with Gasteiger partial charge in [-0.25, -0.2) is 0 Å². The van der Waals surface area contributed by atoms with Crippen molar-refractivity contribution in [2.75, 3.05) is 45.7 Å². The van der Waals surface area contributed by atoms with E-state index < -0.39 is 0 Å². The van der Waals surface area contributed by atoms with Crippen molar-refractivity contribution in [3.8, 4) is 11.5 Å². The Kier molecular flexibility index (Phi) is 9.96. The van der Waals surface area contributed by atoms with Crippen molar-refractivity contribution in [2.24, 2.45) is 4.99 Å². The number of aliphatic imine (C=N–C) groups is 1. The molecule has 7 heteroatoms. The molecule has 6 nitrogen and oxygen atoms in total. The van der Waals surface area contributed by atoms with E-state index in [1.165, 1.54) is 12.8 Å². The van der Waals surface area contributed by atoms with E-state index in [4.69, 9.17) is 9.47 Å². The van der Waals surface area contributed by atoms with Crippen molar-refractivity contribution in [3.63, 3.8) is 0 Å². The second-order valence-electron chi connectivity index (χ2n) is 5.78. The molecule has 0 radical (unpaired) electrons. The van der Waals surface area contributed by atoms with Crippen molar-refractivity contribution in [3.05, 3.63) is 18.2 Å². The van der Waals surface area contributed by atoms with Crippen LogP contribution in [0.4, 0.5) is 5.69 Å². The highest BCUT2D eigenvalue weighted by atomic mass is 127. The molecule has 2 rings (SSSR count). The van der Waals surface area contributed by atoms with Crippen LogP contribution in [0.25, 0.3) is 0 Å². The lowest BCUT2D eigenvalue weighted by molar-refractivity contribution is 0.282. The van der Waals surface area contributed by atoms with E-state index in [0.717, 1.165) is 48.8 Å². The predicted octanol–water partition coefficient (Wildman–Crippen LogP) is 3.18. The van der Waals surface area contributed by atoms with Crippen molar-refractivity contribution in [1.29, 1.82) is 0 Å². The Labute approximate surface area is 168 Å². The molecule has 0 aromatic heterocycles. The SMILES string of the molecule is CCOc1cc(NC(=NC)NCCN(CC)C2CC2)ccc1OC.I. The first kappa shape index (κ1) is 21.8. The molecule has 1 saturated carbocycles. The second kappa shape index (κ2) is 11.4. The summed E-state index contributed by atoms with van der Waals surface area (Å²) in [6, 6.07) is 6.57. The molecule has 1 aromatic carbocycles. The zero-order valence-corrected chi connectivity index (χ0v) is 18.0. The summed E-state index contributed by atoms with van der Waals surface area (Å²) >= 11 is 0. The fourth-order valence-electron chi connectivity index (χ4n) is 2.70. The Morgan fingerprint density at radius 1 is 1.28 bits per heavy atom. The van der Waals surface area contributed by atoms with Crippen molar-refractivity contribution in [1.82, 2.24) is 10.2 Å². The highest BCUT2D eigenvalue weighted by molar-refractivity contribution is 14.0. The van der Waals surface area contributed by atoms with Crippen LogP contribution in [-0.2, 0) is 0 Å². The third kappa shape index (κ3) is 6.89. The molecule has 0 atom stereocenters. The summed E-state index contributed by atoms with van der Waals surface area (Å²) < 4.78 is 10.9. The van der Waals surface area contributed by atoms with Gasteiger partial charge in [0.25, 0.3) is 0 Å². The Balaban J connectivity index is 0.00000312. The maximum atomic E-state index is 5.61. The molecule has 2 N–H and O–H groups in total. The molecule has 0 heterocycles. The predicted molar refractivity (Wildman–Crippen MR) is 115 cm³/mol. The maximum Gasteiger partial charge on any atom is 0.195 e. The molecule has 0 spiro atoms. The molecule has 1 fully saturated rings. The smallest absolute Gasteiger partial charge is 0.195 e. The number of methoxy groups -OCH3 is 1. The Morgan fingerprint density at radius 3 is 2.60 bits per heavy atom. The first-order chi connectivity index (χ1) is 11.7. The van der Waals surface area contributed by atoms with E-state index in [2.05, 4.69) is 27.4 Å². The first-order valence-corrected chi connectivity index (χ1v) is 8.74. The molecule has 0 amide bonds. The van der Waals surface area contributed by atoms with Crippen LogP contribution in [0, 0.1) is 0 Å². The minimum Gasteiger partial charge on any atom is -0.493 e. The van der Waals surface area contributed by atoms with Crippen LogP contribution >= 0.6 is 24.0 Å². The molecule has 1 aliphatic carbocycles. The average Bonchev–Trinajstić information content (AvgIpc) is 3.43. The largest absolute Gasteiger partial charge is 0.493 e. The molecule has 1 aliphatic rings. The maximum absolute atomic E-state index is 5.61. The summed E-state index contributed by atoms with van der Waals surface area (Å²) in [6.07, 6.45) is 2.68. The minimum absolute atomic E-state index is 0. The van der Waals surface area contributed by atoms with E-state index in [0.29, 0.717) is 6.61 Å². The Morgan fingerprint density at radius 2 is 2.04 bits per heavy atom. The van der Waals surface area contributed by atoms with Gasteiger partial charge in [-0.1, -0.05) is 6.92 Å². The lowest BCUT2D eigenvalue weighted by Gasteiger charge is -2.21. The standard InChI is InChI=1S/C18H30N4O2.HI/c1-5-22(15-8-9-15)12-11-20-18(19-3)21-14-7-10-16(23-4)17(13-14)24-6-2;/h7,10,13,15H,5-6,8-9,11-12H2,1-4H3,(H2,19,20,21);1H. The van der Waals surface area contributed by atoms with Gasteiger partial charge in [-0.3, -0.25) is 9.89 Å². The molecule has 142 valence electrons. The number of hydrogen-bond acceptors (Lipinski definition) is 4. The van der Waals surface area contributed by atoms with Crippen LogP contribution in [-0.4, -0.2) is 57.3 Å². The lowest BCUT2D eigenvalue weighted by Crippen LogP contribution is -2.38. The van der Waals surface area contributed by atoms with Crippen LogP contribution in [0.15, 0.2) is 23.2 Å². The summed E-state index contributed by atoms with van der Waals surface area (Å²) in [5.41, 5.74) is 0.918. The van der Waals surface area contributed by atoms with Crippen molar-refractivity contribution in [2.45, 2.75) is 32.7 Å². The monoisotopic (exact) mass is 462 g/mol. The highest BCUT2D eigenvalue weighted by Crippen LogP contribution is 2.30. The first-order valence-electron chi connectivity index (χ1n) is 8.74. The second-order valence-corrected chi connectivity index (χ2v) is 5.78. The molecule has 0 aliphatic heterocycles. The van der Waals surface area contributed by atoms with E-state index in [1.807, 2.05) is 25.1 Å². The van der Waals surface area contributed by atoms with Crippen molar-refractivity contribution >= 4 is 35.6 Å². The normalized spacial score (nSPS) is 14.0. The summed E-state index contributed by atoms with van der Waals surface area (Å²) in [4.78, 5) is 6.80. The zero-order valence-electron chi connectivity index (χ0n) is 15.7. The quantitative estimate of drug-likeness (QED) is 0.336. The van der Waals surface area contributed by atoms with Gasteiger partial charge in [0.05, 0.1) is 13.7 Å². The molecular weight excluding hydrogens is 431 g/mol. The van der Waals surface area contributed by atoms with E-state index in [-0.39, 0.29) is 24.0 Å². The van der Waals surface area contributed by atoms with Gasteiger partial charge in [0.2, 0.25) is 0 Å². The van der Waals surface area contributed by atoms with Crippen LogP contribution in [0.5, 0.6) is 11.5 Å². The summed E-state index contributed by atoms with van der Waals surface area (Å²) in [6.45, 7) is 7.79. The number of benzene rings is 1. The van der Waals surface area contributed by atoms with Gasteiger partial charge in [-0.2, -0.15) is 0 Å². The number of nitrogens with one attached hydrogen (secondary N) is 2. The molecule has 25 heavy (non-hydrogen) atoms. The number of hydrogen-bond donors (Lipinski definition) is 2. The van der Waals surface area contributed by atoms with Gasteiger partial charge in [-0.15, -0.1) is 24.0 Å². The summed E-state index contributed by atoms with van der Waals surface area (Å²) in [5.74, 6) is 2.22. The Hall–Kier alpha value is -1.22. The van der Waals surface area contributed by atoms with E-state index in [1.54, 1.807) is 14.2 Å². The number of anilines is 1. The Bertz CT molecular complexity index is 550. The van der Waals surface area contributed by atoms with Crippen molar-refractivity contribution < 1.29 is 9.47 Å². The van der Waals surface area contributed by atoms with E-state index >= 15 is 0 Å². The molecular formula is C18H31IN4O2. The summed E-state index contributed by atoms with van der Waals surface area (Å²) in [7, 11) is 3.42. The van der Waals surface area contributed by atoms with Crippen LogP contribution in [0.1, 0.15) is 26.7 Å². The van der Waals surface area contributed by atoms with Crippen LogP contribution in [0.3, 0.4) is 0 Å².